The summed E-state index contributed by atoms with van der Waals surface area (Å²) in [5.41, 5.74) is 0.408. The topological polar surface area (TPSA) is 63.0 Å². The zero-order chi connectivity index (χ0) is 18.7. The number of ether oxygens (including phenoxy) is 1. The normalized spacial score (nSPS) is 23.7. The van der Waals surface area contributed by atoms with E-state index in [1.165, 1.54) is 12.5 Å². The van der Waals surface area contributed by atoms with Crippen molar-refractivity contribution in [2.45, 2.75) is 58.1 Å². The maximum Gasteiger partial charge on any atom is 0.257 e. The Balaban J connectivity index is 1.57. The van der Waals surface area contributed by atoms with Crippen molar-refractivity contribution in [3.05, 3.63) is 24.2 Å². The Hall–Kier alpha value is -1.82. The molecule has 2 aliphatic rings. The van der Waals surface area contributed by atoms with Gasteiger partial charge in [0.1, 0.15) is 6.26 Å². The quantitative estimate of drug-likeness (QED) is 0.826. The van der Waals surface area contributed by atoms with Crippen LogP contribution >= 0.6 is 0 Å². The lowest BCUT2D eigenvalue weighted by Gasteiger charge is -2.43. The maximum atomic E-state index is 13.1. The molecule has 2 saturated heterocycles. The Morgan fingerprint density at radius 3 is 2.58 bits per heavy atom. The van der Waals surface area contributed by atoms with Crippen molar-refractivity contribution in [3.8, 4) is 0 Å². The SMILES string of the molecule is CCN(C(=O)C1CCN(C(=O)c2ccoc2)CC1)C1CCOC(C)(C)C1. The number of nitrogens with zero attached hydrogens (tertiary/aromatic N) is 2. The predicted octanol–water partition coefficient (Wildman–Crippen LogP) is 2.94. The van der Waals surface area contributed by atoms with E-state index in [9.17, 15) is 9.59 Å². The average molecular weight is 362 g/mol. The van der Waals surface area contributed by atoms with Gasteiger partial charge in [-0.3, -0.25) is 9.59 Å². The molecule has 3 heterocycles. The molecule has 0 N–H and O–H groups in total. The van der Waals surface area contributed by atoms with Gasteiger partial charge in [-0.25, -0.2) is 0 Å². The molecule has 0 radical (unpaired) electrons. The van der Waals surface area contributed by atoms with Gasteiger partial charge in [0.05, 0.1) is 17.4 Å². The van der Waals surface area contributed by atoms with Crippen LogP contribution in [0.3, 0.4) is 0 Å². The smallest absolute Gasteiger partial charge is 0.257 e. The lowest BCUT2D eigenvalue weighted by Crippen LogP contribution is -2.51. The molecule has 1 aromatic rings. The van der Waals surface area contributed by atoms with Crippen molar-refractivity contribution in [2.75, 3.05) is 26.2 Å². The van der Waals surface area contributed by atoms with Gasteiger partial charge in [-0.15, -0.1) is 0 Å². The fourth-order valence-corrected chi connectivity index (χ4v) is 4.19. The lowest BCUT2D eigenvalue weighted by molar-refractivity contribution is -0.145. The van der Waals surface area contributed by atoms with Gasteiger partial charge in [-0.1, -0.05) is 0 Å². The van der Waals surface area contributed by atoms with Crippen molar-refractivity contribution in [1.29, 1.82) is 0 Å². The Bertz CT molecular complexity index is 618. The van der Waals surface area contributed by atoms with Crippen molar-refractivity contribution in [3.63, 3.8) is 0 Å². The molecule has 0 spiro atoms. The second-order valence-electron chi connectivity index (χ2n) is 7.96. The molecule has 26 heavy (non-hydrogen) atoms. The molecule has 2 aliphatic heterocycles. The van der Waals surface area contributed by atoms with Gasteiger partial charge in [0.15, 0.2) is 0 Å². The minimum atomic E-state index is -0.170. The number of likely N-dealkylation sites (tertiary alicyclic amines) is 1. The third kappa shape index (κ3) is 4.11. The second-order valence-corrected chi connectivity index (χ2v) is 7.96. The maximum absolute atomic E-state index is 13.1. The van der Waals surface area contributed by atoms with Gasteiger partial charge in [-0.05, 0) is 52.5 Å². The first-order chi connectivity index (χ1) is 12.4. The van der Waals surface area contributed by atoms with Crippen LogP contribution in [0.1, 0.15) is 56.8 Å². The van der Waals surface area contributed by atoms with Crippen molar-refractivity contribution < 1.29 is 18.7 Å². The molecular weight excluding hydrogens is 332 g/mol. The number of furan rings is 1. The van der Waals surface area contributed by atoms with Gasteiger partial charge in [0.2, 0.25) is 5.91 Å². The number of rotatable bonds is 4. The third-order valence-corrected chi connectivity index (χ3v) is 5.64. The van der Waals surface area contributed by atoms with Gasteiger partial charge >= 0.3 is 0 Å². The highest BCUT2D eigenvalue weighted by Crippen LogP contribution is 2.30. The molecule has 0 aliphatic carbocycles. The van der Waals surface area contributed by atoms with E-state index in [-0.39, 0.29) is 29.4 Å². The first-order valence-electron chi connectivity index (χ1n) is 9.67. The largest absolute Gasteiger partial charge is 0.472 e. The summed E-state index contributed by atoms with van der Waals surface area (Å²) in [5.74, 6) is 0.239. The summed E-state index contributed by atoms with van der Waals surface area (Å²) >= 11 is 0. The van der Waals surface area contributed by atoms with Crippen molar-refractivity contribution in [1.82, 2.24) is 9.80 Å². The minimum Gasteiger partial charge on any atom is -0.472 e. The van der Waals surface area contributed by atoms with E-state index in [1.54, 1.807) is 6.07 Å². The number of carbonyl (C=O) groups is 2. The molecule has 0 bridgehead atoms. The summed E-state index contributed by atoms with van der Waals surface area (Å²) in [7, 11) is 0. The Labute approximate surface area is 155 Å². The van der Waals surface area contributed by atoms with Crippen LogP contribution in [0.25, 0.3) is 0 Å². The fraction of sp³-hybridized carbons (Fsp3) is 0.700. The fourth-order valence-electron chi connectivity index (χ4n) is 4.19. The molecule has 2 fully saturated rings. The van der Waals surface area contributed by atoms with E-state index in [1.807, 2.05) is 9.80 Å². The van der Waals surface area contributed by atoms with Crippen LogP contribution in [-0.4, -0.2) is 59.5 Å². The summed E-state index contributed by atoms with van der Waals surface area (Å²) < 4.78 is 10.8. The molecule has 2 amide bonds. The first-order valence-corrected chi connectivity index (χ1v) is 9.67. The van der Waals surface area contributed by atoms with Crippen LogP contribution in [0.4, 0.5) is 0 Å². The van der Waals surface area contributed by atoms with E-state index in [0.717, 1.165) is 32.2 Å². The Morgan fingerprint density at radius 1 is 1.27 bits per heavy atom. The van der Waals surface area contributed by atoms with Gasteiger partial charge in [-0.2, -0.15) is 0 Å². The minimum absolute atomic E-state index is 0.00862. The summed E-state index contributed by atoms with van der Waals surface area (Å²) in [6.45, 7) is 8.92. The van der Waals surface area contributed by atoms with E-state index in [4.69, 9.17) is 9.15 Å². The number of hydrogen-bond acceptors (Lipinski definition) is 4. The highest BCUT2D eigenvalue weighted by Gasteiger charge is 2.37. The zero-order valence-corrected chi connectivity index (χ0v) is 16.1. The molecule has 0 aromatic carbocycles. The van der Waals surface area contributed by atoms with Crippen LogP contribution in [0.5, 0.6) is 0 Å². The molecule has 1 atom stereocenters. The highest BCUT2D eigenvalue weighted by molar-refractivity contribution is 5.94. The van der Waals surface area contributed by atoms with E-state index in [0.29, 0.717) is 25.3 Å². The standard InChI is InChI=1S/C20H30N2O4/c1-4-22(17-8-12-26-20(2,3)13-17)19(24)15-5-9-21(10-6-15)18(23)16-7-11-25-14-16/h7,11,14-15,17H,4-6,8-10,12-13H2,1-3H3. The Kier molecular flexibility index (Phi) is 5.70. The monoisotopic (exact) mass is 362 g/mol. The number of carbonyl (C=O) groups excluding carboxylic acids is 2. The second kappa shape index (κ2) is 7.82. The van der Waals surface area contributed by atoms with Gasteiger partial charge in [0, 0.05) is 38.2 Å². The summed E-state index contributed by atoms with van der Waals surface area (Å²) in [5, 5.41) is 0. The number of piperidine rings is 1. The number of hydrogen-bond donors (Lipinski definition) is 0. The van der Waals surface area contributed by atoms with Gasteiger partial charge < -0.3 is 19.0 Å². The molecule has 3 rings (SSSR count). The van der Waals surface area contributed by atoms with E-state index in [2.05, 4.69) is 20.8 Å². The van der Waals surface area contributed by atoms with Crippen molar-refractivity contribution >= 4 is 11.8 Å². The zero-order valence-electron chi connectivity index (χ0n) is 16.1. The molecule has 1 aromatic heterocycles. The summed E-state index contributed by atoms with van der Waals surface area (Å²) in [6, 6.07) is 1.94. The van der Waals surface area contributed by atoms with E-state index >= 15 is 0 Å². The van der Waals surface area contributed by atoms with Crippen molar-refractivity contribution in [2.24, 2.45) is 5.92 Å². The molecule has 1 unspecified atom stereocenters. The van der Waals surface area contributed by atoms with Crippen LogP contribution in [0.2, 0.25) is 0 Å². The third-order valence-electron chi connectivity index (χ3n) is 5.64. The molecule has 6 nitrogen and oxygen atoms in total. The summed E-state index contributed by atoms with van der Waals surface area (Å²) in [6.07, 6.45) is 6.23. The molecule has 144 valence electrons. The number of amides is 2. The summed E-state index contributed by atoms with van der Waals surface area (Å²) in [4.78, 5) is 29.4. The first kappa shape index (κ1) is 19.0. The van der Waals surface area contributed by atoms with Crippen LogP contribution in [0, 0.1) is 5.92 Å². The average Bonchev–Trinajstić information content (AvgIpc) is 3.15. The van der Waals surface area contributed by atoms with Crippen LogP contribution in [0.15, 0.2) is 23.0 Å². The molecule has 0 saturated carbocycles. The highest BCUT2D eigenvalue weighted by atomic mass is 16.5. The predicted molar refractivity (Wildman–Crippen MR) is 97.8 cm³/mol. The van der Waals surface area contributed by atoms with Crippen LogP contribution in [-0.2, 0) is 9.53 Å². The Morgan fingerprint density at radius 2 is 2.00 bits per heavy atom. The molecular formula is C20H30N2O4. The van der Waals surface area contributed by atoms with Gasteiger partial charge in [0.25, 0.3) is 5.91 Å². The van der Waals surface area contributed by atoms with Crippen LogP contribution < -0.4 is 0 Å². The molecule has 6 heteroatoms. The lowest BCUT2D eigenvalue weighted by atomic mass is 9.90. The van der Waals surface area contributed by atoms with E-state index < -0.39 is 0 Å².